The van der Waals surface area contributed by atoms with Gasteiger partial charge in [0.2, 0.25) is 0 Å². The van der Waals surface area contributed by atoms with Crippen LogP contribution >= 0.6 is 0 Å². The number of carbonyl (C=O) groups is 1. The quantitative estimate of drug-likeness (QED) is 0.739. The van der Waals surface area contributed by atoms with Crippen LogP contribution in [0.5, 0.6) is 5.75 Å². The predicted octanol–water partition coefficient (Wildman–Crippen LogP) is 3.10. The van der Waals surface area contributed by atoms with E-state index in [4.69, 9.17) is 9.47 Å². The summed E-state index contributed by atoms with van der Waals surface area (Å²) < 4.78 is 10.8. The number of hydrogen-bond donors (Lipinski definition) is 0. The highest BCUT2D eigenvalue weighted by molar-refractivity contribution is 5.80. The Kier molecular flexibility index (Phi) is 7.23. The van der Waals surface area contributed by atoms with E-state index in [2.05, 4.69) is 13.8 Å². The highest BCUT2D eigenvalue weighted by atomic mass is 16.5. The molecule has 0 aliphatic rings. The topological polar surface area (TPSA) is 38.8 Å². The van der Waals surface area contributed by atoms with Crippen molar-refractivity contribution in [3.05, 3.63) is 29.8 Å². The SMILES string of the molecule is COc1cccc(COC(C)C(=O)N(C)CCC(C)C)c1. The van der Waals surface area contributed by atoms with Crippen molar-refractivity contribution in [3.8, 4) is 5.75 Å². The molecule has 0 radical (unpaired) electrons. The first-order chi connectivity index (χ1) is 9.93. The standard InChI is InChI=1S/C17H27NO3/c1-13(2)9-10-18(4)17(19)14(3)21-12-15-7-6-8-16(11-15)20-5/h6-8,11,13-14H,9-10,12H2,1-5H3. The van der Waals surface area contributed by atoms with E-state index in [1.165, 1.54) is 0 Å². The Morgan fingerprint density at radius 1 is 1.29 bits per heavy atom. The summed E-state index contributed by atoms with van der Waals surface area (Å²) >= 11 is 0. The largest absolute Gasteiger partial charge is 0.497 e. The maximum absolute atomic E-state index is 12.2. The van der Waals surface area contributed by atoms with Gasteiger partial charge in [-0.2, -0.15) is 0 Å². The molecule has 118 valence electrons. The van der Waals surface area contributed by atoms with Gasteiger partial charge in [0, 0.05) is 13.6 Å². The van der Waals surface area contributed by atoms with Crippen LogP contribution in [0, 0.1) is 5.92 Å². The van der Waals surface area contributed by atoms with E-state index in [-0.39, 0.29) is 5.91 Å². The molecule has 0 saturated carbocycles. The minimum Gasteiger partial charge on any atom is -0.497 e. The normalized spacial score (nSPS) is 12.3. The monoisotopic (exact) mass is 293 g/mol. The highest BCUT2D eigenvalue weighted by Crippen LogP contribution is 2.14. The van der Waals surface area contributed by atoms with Crippen molar-refractivity contribution >= 4 is 5.91 Å². The number of hydrogen-bond acceptors (Lipinski definition) is 3. The molecule has 1 atom stereocenters. The summed E-state index contributed by atoms with van der Waals surface area (Å²) in [5.41, 5.74) is 0.999. The molecule has 4 nitrogen and oxygen atoms in total. The second-order valence-electron chi connectivity index (χ2n) is 5.75. The Bertz CT molecular complexity index is 445. The van der Waals surface area contributed by atoms with Gasteiger partial charge < -0.3 is 14.4 Å². The Balaban J connectivity index is 2.44. The van der Waals surface area contributed by atoms with Crippen LogP contribution in [0.1, 0.15) is 32.8 Å². The molecule has 21 heavy (non-hydrogen) atoms. The van der Waals surface area contributed by atoms with Crippen LogP contribution in [-0.2, 0) is 16.1 Å². The Labute approximate surface area is 128 Å². The fraction of sp³-hybridized carbons (Fsp3) is 0.588. The van der Waals surface area contributed by atoms with Crippen molar-refractivity contribution in [2.24, 2.45) is 5.92 Å². The van der Waals surface area contributed by atoms with Crippen LogP contribution in [-0.4, -0.2) is 37.6 Å². The molecule has 0 aliphatic heterocycles. The second-order valence-corrected chi connectivity index (χ2v) is 5.75. The lowest BCUT2D eigenvalue weighted by Gasteiger charge is -2.22. The van der Waals surface area contributed by atoms with Gasteiger partial charge in [-0.3, -0.25) is 4.79 Å². The zero-order valence-electron chi connectivity index (χ0n) is 13.8. The second kappa shape index (κ2) is 8.67. The van der Waals surface area contributed by atoms with E-state index in [0.717, 1.165) is 24.3 Å². The molecule has 0 saturated heterocycles. The molecular formula is C17H27NO3. The predicted molar refractivity (Wildman–Crippen MR) is 84.3 cm³/mol. The van der Waals surface area contributed by atoms with Crippen LogP contribution in [0.3, 0.4) is 0 Å². The van der Waals surface area contributed by atoms with Crippen molar-refractivity contribution in [2.45, 2.75) is 39.9 Å². The first kappa shape index (κ1) is 17.5. The number of likely N-dealkylation sites (N-methyl/N-ethyl adjacent to an activating group) is 1. The number of ether oxygens (including phenoxy) is 2. The molecule has 0 aliphatic carbocycles. The van der Waals surface area contributed by atoms with Gasteiger partial charge in [0.25, 0.3) is 5.91 Å². The summed E-state index contributed by atoms with van der Waals surface area (Å²) in [4.78, 5) is 13.9. The molecule has 1 unspecified atom stereocenters. The maximum atomic E-state index is 12.2. The van der Waals surface area contributed by atoms with Crippen molar-refractivity contribution in [3.63, 3.8) is 0 Å². The highest BCUT2D eigenvalue weighted by Gasteiger charge is 2.18. The number of amides is 1. The van der Waals surface area contributed by atoms with Gasteiger partial charge in [0.15, 0.2) is 0 Å². The van der Waals surface area contributed by atoms with E-state index in [9.17, 15) is 4.79 Å². The Morgan fingerprint density at radius 3 is 2.62 bits per heavy atom. The molecular weight excluding hydrogens is 266 g/mol. The third-order valence-corrected chi connectivity index (χ3v) is 3.40. The lowest BCUT2D eigenvalue weighted by Crippen LogP contribution is -2.37. The first-order valence-electron chi connectivity index (χ1n) is 7.43. The number of carbonyl (C=O) groups excluding carboxylic acids is 1. The molecule has 4 heteroatoms. The summed E-state index contributed by atoms with van der Waals surface area (Å²) in [6.07, 6.45) is 0.568. The van der Waals surface area contributed by atoms with Gasteiger partial charge in [-0.25, -0.2) is 0 Å². The first-order valence-corrected chi connectivity index (χ1v) is 7.43. The zero-order valence-corrected chi connectivity index (χ0v) is 13.8. The average Bonchev–Trinajstić information content (AvgIpc) is 2.49. The maximum Gasteiger partial charge on any atom is 0.251 e. The van der Waals surface area contributed by atoms with E-state index in [1.807, 2.05) is 31.3 Å². The third-order valence-electron chi connectivity index (χ3n) is 3.40. The lowest BCUT2D eigenvalue weighted by molar-refractivity contribution is -0.142. The van der Waals surface area contributed by atoms with Crippen LogP contribution in [0.4, 0.5) is 0 Å². The van der Waals surface area contributed by atoms with E-state index >= 15 is 0 Å². The van der Waals surface area contributed by atoms with Crippen LogP contribution in [0.15, 0.2) is 24.3 Å². The van der Waals surface area contributed by atoms with Crippen LogP contribution < -0.4 is 4.74 Å². The fourth-order valence-electron chi connectivity index (χ4n) is 1.93. The van der Waals surface area contributed by atoms with Crippen molar-refractivity contribution in [1.29, 1.82) is 0 Å². The molecule has 1 aromatic rings. The van der Waals surface area contributed by atoms with E-state index in [1.54, 1.807) is 18.9 Å². The fourth-order valence-corrected chi connectivity index (χ4v) is 1.93. The third kappa shape index (κ3) is 6.17. The minimum atomic E-state index is -0.437. The minimum absolute atomic E-state index is 0.0264. The van der Waals surface area contributed by atoms with Gasteiger partial charge >= 0.3 is 0 Å². The molecule has 1 rings (SSSR count). The number of rotatable bonds is 8. The van der Waals surface area contributed by atoms with Crippen molar-refractivity contribution in [1.82, 2.24) is 4.90 Å². The smallest absolute Gasteiger partial charge is 0.251 e. The molecule has 0 aromatic heterocycles. The van der Waals surface area contributed by atoms with Gasteiger partial charge in [-0.1, -0.05) is 26.0 Å². The average molecular weight is 293 g/mol. The van der Waals surface area contributed by atoms with Crippen LogP contribution in [0.25, 0.3) is 0 Å². The van der Waals surface area contributed by atoms with Gasteiger partial charge in [-0.15, -0.1) is 0 Å². The summed E-state index contributed by atoms with van der Waals surface area (Å²) in [7, 11) is 3.46. The molecule has 0 bridgehead atoms. The summed E-state index contributed by atoms with van der Waals surface area (Å²) in [5, 5.41) is 0. The Morgan fingerprint density at radius 2 is 2.00 bits per heavy atom. The van der Waals surface area contributed by atoms with E-state index in [0.29, 0.717) is 12.5 Å². The summed E-state index contributed by atoms with van der Waals surface area (Å²) in [5.74, 6) is 1.41. The summed E-state index contributed by atoms with van der Waals surface area (Å²) in [6.45, 7) is 7.28. The lowest BCUT2D eigenvalue weighted by atomic mass is 10.1. The number of nitrogens with zero attached hydrogens (tertiary/aromatic N) is 1. The molecule has 1 amide bonds. The van der Waals surface area contributed by atoms with Crippen molar-refractivity contribution in [2.75, 3.05) is 20.7 Å². The molecule has 0 fully saturated rings. The molecule has 1 aromatic carbocycles. The van der Waals surface area contributed by atoms with Crippen molar-refractivity contribution < 1.29 is 14.3 Å². The molecule has 0 N–H and O–H groups in total. The molecule has 0 spiro atoms. The zero-order chi connectivity index (χ0) is 15.8. The van der Waals surface area contributed by atoms with Crippen LogP contribution in [0.2, 0.25) is 0 Å². The summed E-state index contributed by atoms with van der Waals surface area (Å²) in [6, 6.07) is 7.68. The van der Waals surface area contributed by atoms with Gasteiger partial charge in [-0.05, 0) is 37.0 Å². The molecule has 0 heterocycles. The van der Waals surface area contributed by atoms with E-state index < -0.39 is 6.10 Å². The van der Waals surface area contributed by atoms with Gasteiger partial charge in [0.1, 0.15) is 11.9 Å². The number of benzene rings is 1. The Hall–Kier alpha value is -1.55. The number of methoxy groups -OCH3 is 1. The van der Waals surface area contributed by atoms with Gasteiger partial charge in [0.05, 0.1) is 13.7 Å².